The fraction of sp³-hybridized carbons (Fsp3) is 0.615. The molecule has 0 bridgehead atoms. The third kappa shape index (κ3) is 1.89. The summed E-state index contributed by atoms with van der Waals surface area (Å²) in [5.41, 5.74) is 2.84. The summed E-state index contributed by atoms with van der Waals surface area (Å²) in [6.07, 6.45) is 6.16. The maximum absolute atomic E-state index is 4.62. The van der Waals surface area contributed by atoms with Crippen molar-refractivity contribution in [2.45, 2.75) is 52.1 Å². The van der Waals surface area contributed by atoms with Gasteiger partial charge in [-0.3, -0.25) is 4.40 Å². The Kier molecular flexibility index (Phi) is 2.52. The molecular formula is C13H19N3S. The normalized spacial score (nSPS) is 18.5. The quantitative estimate of drug-likeness (QED) is 0.906. The van der Waals surface area contributed by atoms with E-state index in [1.54, 1.807) is 11.3 Å². The van der Waals surface area contributed by atoms with Crippen molar-refractivity contribution in [2.24, 2.45) is 0 Å². The minimum atomic E-state index is 0.363. The molecule has 1 aliphatic rings. The Hall–Kier alpha value is -0.870. The van der Waals surface area contributed by atoms with Crippen molar-refractivity contribution in [3.05, 3.63) is 22.5 Å². The topological polar surface area (TPSA) is 29.3 Å². The zero-order chi connectivity index (χ0) is 12.0. The van der Waals surface area contributed by atoms with Gasteiger partial charge < -0.3 is 5.32 Å². The van der Waals surface area contributed by atoms with Crippen LogP contribution in [0.15, 0.2) is 6.20 Å². The van der Waals surface area contributed by atoms with Gasteiger partial charge in [0.05, 0.1) is 11.4 Å². The van der Waals surface area contributed by atoms with E-state index < -0.39 is 0 Å². The van der Waals surface area contributed by atoms with Crippen LogP contribution in [0.25, 0.3) is 4.96 Å². The first-order valence-corrected chi connectivity index (χ1v) is 7.08. The van der Waals surface area contributed by atoms with Gasteiger partial charge in [-0.25, -0.2) is 4.98 Å². The number of aromatic nitrogens is 2. The van der Waals surface area contributed by atoms with Crippen molar-refractivity contribution < 1.29 is 0 Å². The van der Waals surface area contributed by atoms with Gasteiger partial charge in [0.2, 0.25) is 0 Å². The Morgan fingerprint density at radius 2 is 2.24 bits per heavy atom. The van der Waals surface area contributed by atoms with E-state index in [4.69, 9.17) is 0 Å². The second kappa shape index (κ2) is 3.82. The van der Waals surface area contributed by atoms with Gasteiger partial charge in [-0.15, -0.1) is 11.3 Å². The summed E-state index contributed by atoms with van der Waals surface area (Å²) >= 11 is 1.76. The molecule has 0 spiro atoms. The number of fused-ring (bicyclic) bond motifs is 1. The molecule has 1 N–H and O–H groups in total. The van der Waals surface area contributed by atoms with Crippen molar-refractivity contribution in [2.75, 3.05) is 0 Å². The van der Waals surface area contributed by atoms with Gasteiger partial charge in [0.1, 0.15) is 0 Å². The average Bonchev–Trinajstić information content (AvgIpc) is 2.68. The van der Waals surface area contributed by atoms with Crippen molar-refractivity contribution in [3.63, 3.8) is 0 Å². The van der Waals surface area contributed by atoms with Crippen LogP contribution in [-0.2, 0) is 6.54 Å². The molecule has 3 rings (SSSR count). The molecule has 0 amide bonds. The van der Waals surface area contributed by atoms with Crippen LogP contribution in [-0.4, -0.2) is 14.9 Å². The molecule has 2 heterocycles. The van der Waals surface area contributed by atoms with Gasteiger partial charge in [0.25, 0.3) is 0 Å². The van der Waals surface area contributed by atoms with E-state index in [1.807, 2.05) is 0 Å². The molecule has 2 aromatic rings. The first kappa shape index (κ1) is 11.2. The lowest BCUT2D eigenvalue weighted by Crippen LogP contribution is -2.47. The molecule has 92 valence electrons. The minimum absolute atomic E-state index is 0.363. The molecule has 3 nitrogen and oxygen atoms in total. The van der Waals surface area contributed by atoms with E-state index in [1.165, 1.54) is 29.8 Å². The van der Waals surface area contributed by atoms with Gasteiger partial charge in [-0.2, -0.15) is 0 Å². The highest BCUT2D eigenvalue weighted by molar-refractivity contribution is 7.17. The molecule has 0 aliphatic heterocycles. The van der Waals surface area contributed by atoms with E-state index in [0.29, 0.717) is 5.54 Å². The summed E-state index contributed by atoms with van der Waals surface area (Å²) in [5.74, 6) is 0. The van der Waals surface area contributed by atoms with Crippen molar-refractivity contribution in [1.82, 2.24) is 14.7 Å². The standard InChI is InChI=1S/C13H19N3S/c1-9-8-16-11(10(2)15-12(16)17-9)7-14-13(3)5-4-6-13/h8,14H,4-7H2,1-3H3. The predicted molar refractivity (Wildman–Crippen MR) is 71.6 cm³/mol. The van der Waals surface area contributed by atoms with E-state index in [0.717, 1.165) is 17.2 Å². The van der Waals surface area contributed by atoms with Crippen molar-refractivity contribution in [1.29, 1.82) is 0 Å². The van der Waals surface area contributed by atoms with Crippen molar-refractivity contribution >= 4 is 16.3 Å². The molecule has 1 fully saturated rings. The molecule has 0 radical (unpaired) electrons. The van der Waals surface area contributed by atoms with Crippen LogP contribution in [0.1, 0.15) is 42.5 Å². The van der Waals surface area contributed by atoms with Crippen LogP contribution in [0.2, 0.25) is 0 Å². The second-order valence-electron chi connectivity index (χ2n) is 5.41. The van der Waals surface area contributed by atoms with Crippen LogP contribution in [0.4, 0.5) is 0 Å². The number of nitrogens with zero attached hydrogens (tertiary/aromatic N) is 2. The maximum atomic E-state index is 4.62. The molecule has 17 heavy (non-hydrogen) atoms. The molecule has 4 heteroatoms. The Morgan fingerprint density at radius 3 is 2.88 bits per heavy atom. The zero-order valence-corrected chi connectivity index (χ0v) is 11.5. The number of nitrogens with one attached hydrogen (secondary N) is 1. The number of imidazole rings is 1. The smallest absolute Gasteiger partial charge is 0.194 e. The summed E-state index contributed by atoms with van der Waals surface area (Å²) in [5, 5.41) is 3.68. The number of aryl methyl sites for hydroxylation is 2. The molecule has 2 aromatic heterocycles. The van der Waals surface area contributed by atoms with E-state index in [-0.39, 0.29) is 0 Å². The van der Waals surface area contributed by atoms with E-state index in [9.17, 15) is 0 Å². The molecule has 1 aliphatic carbocycles. The highest BCUT2D eigenvalue weighted by atomic mass is 32.1. The van der Waals surface area contributed by atoms with E-state index in [2.05, 4.69) is 41.7 Å². The summed E-state index contributed by atoms with van der Waals surface area (Å²) < 4.78 is 2.24. The maximum Gasteiger partial charge on any atom is 0.194 e. The van der Waals surface area contributed by atoms with Crippen LogP contribution in [0, 0.1) is 13.8 Å². The van der Waals surface area contributed by atoms with E-state index >= 15 is 0 Å². The number of hydrogen-bond donors (Lipinski definition) is 1. The SMILES string of the molecule is Cc1cn2c(CNC3(C)CCC3)c(C)nc2s1. The molecule has 0 atom stereocenters. The number of rotatable bonds is 3. The average molecular weight is 249 g/mol. The third-order valence-electron chi connectivity index (χ3n) is 3.88. The van der Waals surface area contributed by atoms with Crippen LogP contribution in [0.3, 0.4) is 0 Å². The minimum Gasteiger partial charge on any atom is -0.306 e. The fourth-order valence-electron chi connectivity index (χ4n) is 2.50. The van der Waals surface area contributed by atoms with Crippen LogP contribution in [0.5, 0.6) is 0 Å². The highest BCUT2D eigenvalue weighted by Crippen LogP contribution is 2.31. The number of thiazole rings is 1. The third-order valence-corrected chi connectivity index (χ3v) is 4.78. The molecule has 0 aromatic carbocycles. The largest absolute Gasteiger partial charge is 0.306 e. The predicted octanol–water partition coefficient (Wildman–Crippen LogP) is 3.04. The Bertz CT molecular complexity index is 548. The molecule has 0 unspecified atom stereocenters. The van der Waals surface area contributed by atoms with Gasteiger partial charge in [-0.1, -0.05) is 0 Å². The lowest BCUT2D eigenvalue weighted by Gasteiger charge is -2.39. The Balaban J connectivity index is 1.85. The fourth-order valence-corrected chi connectivity index (χ4v) is 3.39. The summed E-state index contributed by atoms with van der Waals surface area (Å²) in [6, 6.07) is 0. The zero-order valence-electron chi connectivity index (χ0n) is 10.7. The van der Waals surface area contributed by atoms with Gasteiger partial charge in [-0.05, 0) is 40.0 Å². The number of hydrogen-bond acceptors (Lipinski definition) is 3. The highest BCUT2D eigenvalue weighted by Gasteiger charge is 2.31. The summed E-state index contributed by atoms with van der Waals surface area (Å²) in [7, 11) is 0. The summed E-state index contributed by atoms with van der Waals surface area (Å²) in [4.78, 5) is 7.06. The van der Waals surface area contributed by atoms with Crippen LogP contribution < -0.4 is 5.32 Å². The first-order valence-electron chi connectivity index (χ1n) is 6.26. The van der Waals surface area contributed by atoms with Gasteiger partial charge >= 0.3 is 0 Å². The lowest BCUT2D eigenvalue weighted by atomic mass is 9.78. The molecule has 1 saturated carbocycles. The Morgan fingerprint density at radius 1 is 1.47 bits per heavy atom. The van der Waals surface area contributed by atoms with Gasteiger partial charge in [0, 0.05) is 23.2 Å². The van der Waals surface area contributed by atoms with Crippen LogP contribution >= 0.6 is 11.3 Å². The first-order chi connectivity index (χ1) is 8.07. The van der Waals surface area contributed by atoms with Crippen molar-refractivity contribution in [3.8, 4) is 0 Å². The second-order valence-corrected chi connectivity index (χ2v) is 6.62. The lowest BCUT2D eigenvalue weighted by molar-refractivity contribution is 0.205. The molecular weight excluding hydrogens is 230 g/mol. The molecule has 0 saturated heterocycles. The summed E-state index contributed by atoms with van der Waals surface area (Å²) in [6.45, 7) is 7.50. The Labute approximate surface area is 106 Å². The van der Waals surface area contributed by atoms with Gasteiger partial charge in [0.15, 0.2) is 4.96 Å². The monoisotopic (exact) mass is 249 g/mol.